The Morgan fingerprint density at radius 1 is 1.13 bits per heavy atom. The van der Waals surface area contributed by atoms with Gasteiger partial charge in [-0.3, -0.25) is 10.1 Å². The van der Waals surface area contributed by atoms with Gasteiger partial charge in [-0.25, -0.2) is 4.79 Å². The fourth-order valence-electron chi connectivity index (χ4n) is 1.96. The molecule has 23 heavy (non-hydrogen) atoms. The molecule has 2 aromatic rings. The molecule has 0 aliphatic carbocycles. The number of hydrogen-bond acceptors (Lipinski definition) is 6. The topological polar surface area (TPSA) is 87.9 Å². The molecular weight excluding hydrogens is 302 g/mol. The van der Waals surface area contributed by atoms with Crippen molar-refractivity contribution in [3.8, 4) is 11.5 Å². The first kappa shape index (κ1) is 16.3. The summed E-state index contributed by atoms with van der Waals surface area (Å²) in [6.07, 6.45) is 0. The molecule has 2 aromatic carbocycles. The lowest BCUT2D eigenvalue weighted by Gasteiger charge is -2.10. The summed E-state index contributed by atoms with van der Waals surface area (Å²) in [6, 6.07) is 10.7. The molecule has 0 N–H and O–H groups in total. The van der Waals surface area contributed by atoms with Crippen LogP contribution in [-0.4, -0.2) is 25.1 Å². The van der Waals surface area contributed by atoms with Crippen molar-refractivity contribution in [3.63, 3.8) is 0 Å². The predicted molar refractivity (Wildman–Crippen MR) is 81.8 cm³/mol. The van der Waals surface area contributed by atoms with Crippen LogP contribution in [-0.2, 0) is 11.3 Å². The zero-order valence-corrected chi connectivity index (χ0v) is 12.6. The van der Waals surface area contributed by atoms with Gasteiger partial charge >= 0.3 is 5.97 Å². The Balaban J connectivity index is 2.12. The molecule has 0 bridgehead atoms. The SMILES string of the molecule is COC(=O)c1ccc(OCc2cc([N+](=O)[O-])ccc2OC)cc1. The van der Waals surface area contributed by atoms with E-state index in [1.807, 2.05) is 0 Å². The highest BCUT2D eigenvalue weighted by atomic mass is 16.6. The van der Waals surface area contributed by atoms with Crippen LogP contribution < -0.4 is 9.47 Å². The van der Waals surface area contributed by atoms with Crippen LogP contribution in [0.15, 0.2) is 42.5 Å². The standard InChI is InChI=1S/C16H15NO6/c1-21-15-8-5-13(17(19)20)9-12(15)10-23-14-6-3-11(4-7-14)16(18)22-2/h3-9H,10H2,1-2H3. The highest BCUT2D eigenvalue weighted by molar-refractivity contribution is 5.89. The highest BCUT2D eigenvalue weighted by Gasteiger charge is 2.12. The third-order valence-corrected chi connectivity index (χ3v) is 3.14. The number of esters is 1. The van der Waals surface area contributed by atoms with Gasteiger partial charge in [0.15, 0.2) is 0 Å². The average molecular weight is 317 g/mol. The van der Waals surface area contributed by atoms with Gasteiger partial charge in [0.2, 0.25) is 0 Å². The maximum absolute atomic E-state index is 11.3. The minimum atomic E-state index is -0.478. The van der Waals surface area contributed by atoms with Gasteiger partial charge < -0.3 is 14.2 Å². The number of nitrogens with zero attached hydrogens (tertiary/aromatic N) is 1. The molecule has 0 aromatic heterocycles. The number of carbonyl (C=O) groups excluding carboxylic acids is 1. The minimum absolute atomic E-state index is 0.0366. The van der Waals surface area contributed by atoms with Crippen LogP contribution in [0.2, 0.25) is 0 Å². The molecule has 7 nitrogen and oxygen atoms in total. The third kappa shape index (κ3) is 3.97. The number of ether oxygens (including phenoxy) is 3. The molecule has 0 fully saturated rings. The molecule has 120 valence electrons. The second-order valence-corrected chi connectivity index (χ2v) is 4.56. The summed E-state index contributed by atoms with van der Waals surface area (Å²) in [5.41, 5.74) is 0.928. The Hall–Kier alpha value is -3.09. The molecule has 0 aliphatic heterocycles. The molecule has 0 radical (unpaired) electrons. The largest absolute Gasteiger partial charge is 0.496 e. The molecular formula is C16H15NO6. The summed E-state index contributed by atoms with van der Waals surface area (Å²) >= 11 is 0. The number of methoxy groups -OCH3 is 2. The van der Waals surface area contributed by atoms with Crippen LogP contribution in [0.3, 0.4) is 0 Å². The number of carbonyl (C=O) groups is 1. The Morgan fingerprint density at radius 2 is 1.83 bits per heavy atom. The third-order valence-electron chi connectivity index (χ3n) is 3.14. The van der Waals surface area contributed by atoms with E-state index in [2.05, 4.69) is 4.74 Å². The van der Waals surface area contributed by atoms with E-state index in [0.717, 1.165) is 0 Å². The van der Waals surface area contributed by atoms with Crippen LogP contribution in [0, 0.1) is 10.1 Å². The minimum Gasteiger partial charge on any atom is -0.496 e. The van der Waals surface area contributed by atoms with Crippen LogP contribution in [0.1, 0.15) is 15.9 Å². The summed E-state index contributed by atoms with van der Waals surface area (Å²) in [6.45, 7) is 0.0996. The molecule has 0 spiro atoms. The summed E-state index contributed by atoms with van der Waals surface area (Å²) in [5.74, 6) is 0.588. The van der Waals surface area contributed by atoms with Crippen LogP contribution >= 0.6 is 0 Å². The molecule has 0 amide bonds. The lowest BCUT2D eigenvalue weighted by Crippen LogP contribution is -2.02. The van der Waals surface area contributed by atoms with Gasteiger partial charge in [0.1, 0.15) is 18.1 Å². The Labute approximate surface area is 132 Å². The molecule has 0 saturated carbocycles. The fourth-order valence-corrected chi connectivity index (χ4v) is 1.96. The van der Waals surface area contributed by atoms with Gasteiger partial charge in [-0.15, -0.1) is 0 Å². The van der Waals surface area contributed by atoms with E-state index in [4.69, 9.17) is 9.47 Å². The van der Waals surface area contributed by atoms with Crippen LogP contribution in [0.4, 0.5) is 5.69 Å². The number of hydrogen-bond donors (Lipinski definition) is 0. The Bertz CT molecular complexity index is 711. The molecule has 0 saturated heterocycles. The molecule has 7 heteroatoms. The van der Waals surface area contributed by atoms with E-state index in [0.29, 0.717) is 22.6 Å². The first-order valence-electron chi connectivity index (χ1n) is 6.67. The van der Waals surface area contributed by atoms with Gasteiger partial charge in [0.05, 0.1) is 24.7 Å². The van der Waals surface area contributed by atoms with E-state index >= 15 is 0 Å². The lowest BCUT2D eigenvalue weighted by molar-refractivity contribution is -0.385. The number of non-ortho nitro benzene ring substituents is 1. The Kier molecular flexibility index (Phi) is 5.14. The number of nitro benzene ring substituents is 1. The maximum atomic E-state index is 11.3. The van der Waals surface area contributed by atoms with Crippen molar-refractivity contribution in [2.24, 2.45) is 0 Å². The summed E-state index contributed by atoms with van der Waals surface area (Å²) < 4.78 is 15.4. The van der Waals surface area contributed by atoms with Gasteiger partial charge in [-0.1, -0.05) is 0 Å². The molecule has 0 heterocycles. The highest BCUT2D eigenvalue weighted by Crippen LogP contribution is 2.25. The first-order chi connectivity index (χ1) is 11.0. The van der Waals surface area contributed by atoms with E-state index in [9.17, 15) is 14.9 Å². The zero-order valence-electron chi connectivity index (χ0n) is 12.6. The van der Waals surface area contributed by atoms with Crippen molar-refractivity contribution in [1.82, 2.24) is 0 Å². The second kappa shape index (κ2) is 7.26. The van der Waals surface area contributed by atoms with E-state index in [1.165, 1.54) is 32.4 Å². The van der Waals surface area contributed by atoms with Gasteiger partial charge in [-0.2, -0.15) is 0 Å². The normalized spacial score (nSPS) is 10.0. The van der Waals surface area contributed by atoms with Crippen molar-refractivity contribution >= 4 is 11.7 Å². The molecule has 0 unspecified atom stereocenters. The number of benzene rings is 2. The van der Waals surface area contributed by atoms with Crippen molar-refractivity contribution in [2.75, 3.05) is 14.2 Å². The number of rotatable bonds is 6. The van der Waals surface area contributed by atoms with Crippen molar-refractivity contribution in [3.05, 3.63) is 63.7 Å². The lowest BCUT2D eigenvalue weighted by atomic mass is 10.2. The fraction of sp³-hybridized carbons (Fsp3) is 0.188. The van der Waals surface area contributed by atoms with Crippen LogP contribution in [0.25, 0.3) is 0 Å². The van der Waals surface area contributed by atoms with E-state index in [-0.39, 0.29) is 12.3 Å². The quantitative estimate of drug-likeness (QED) is 0.462. The number of nitro groups is 1. The van der Waals surface area contributed by atoms with Gasteiger partial charge in [-0.05, 0) is 30.3 Å². The van der Waals surface area contributed by atoms with Crippen molar-refractivity contribution < 1.29 is 23.9 Å². The van der Waals surface area contributed by atoms with Gasteiger partial charge in [0, 0.05) is 17.7 Å². The van der Waals surface area contributed by atoms with E-state index < -0.39 is 10.9 Å². The second-order valence-electron chi connectivity index (χ2n) is 4.56. The monoisotopic (exact) mass is 317 g/mol. The Morgan fingerprint density at radius 3 is 2.39 bits per heavy atom. The first-order valence-corrected chi connectivity index (χ1v) is 6.67. The van der Waals surface area contributed by atoms with Crippen molar-refractivity contribution in [2.45, 2.75) is 6.61 Å². The summed E-state index contributed by atoms with van der Waals surface area (Å²) in [4.78, 5) is 21.7. The predicted octanol–water partition coefficient (Wildman–Crippen LogP) is 2.97. The smallest absolute Gasteiger partial charge is 0.337 e. The maximum Gasteiger partial charge on any atom is 0.337 e. The van der Waals surface area contributed by atoms with Gasteiger partial charge in [0.25, 0.3) is 5.69 Å². The summed E-state index contributed by atoms with van der Waals surface area (Å²) in [7, 11) is 2.79. The van der Waals surface area contributed by atoms with Crippen molar-refractivity contribution in [1.29, 1.82) is 0 Å². The zero-order chi connectivity index (χ0) is 16.8. The van der Waals surface area contributed by atoms with E-state index in [1.54, 1.807) is 24.3 Å². The molecule has 0 aliphatic rings. The average Bonchev–Trinajstić information content (AvgIpc) is 2.59. The van der Waals surface area contributed by atoms with Crippen LogP contribution in [0.5, 0.6) is 11.5 Å². The molecule has 2 rings (SSSR count). The molecule has 0 atom stereocenters. The summed E-state index contributed by atoms with van der Waals surface area (Å²) in [5, 5.41) is 10.8.